The van der Waals surface area contributed by atoms with Gasteiger partial charge >= 0.3 is 0 Å². The summed E-state index contributed by atoms with van der Waals surface area (Å²) in [5, 5.41) is 6.78. The van der Waals surface area contributed by atoms with Gasteiger partial charge in [-0.25, -0.2) is 15.0 Å². The summed E-state index contributed by atoms with van der Waals surface area (Å²) < 4.78 is 0. The van der Waals surface area contributed by atoms with Gasteiger partial charge in [-0.3, -0.25) is 0 Å². The lowest BCUT2D eigenvalue weighted by atomic mass is 10.1. The van der Waals surface area contributed by atoms with Crippen molar-refractivity contribution in [1.29, 1.82) is 0 Å². The molecule has 21 heavy (non-hydrogen) atoms. The fourth-order valence-corrected chi connectivity index (χ4v) is 2.60. The van der Waals surface area contributed by atoms with Crippen LogP contribution >= 0.6 is 0 Å². The highest BCUT2D eigenvalue weighted by Crippen LogP contribution is 2.18. The molecule has 0 radical (unpaired) electrons. The summed E-state index contributed by atoms with van der Waals surface area (Å²) >= 11 is 0. The molecule has 108 valence electrons. The topological polar surface area (TPSA) is 41.4 Å². The van der Waals surface area contributed by atoms with Crippen LogP contribution < -0.4 is 5.01 Å². The number of aromatic nitrogens is 2. The van der Waals surface area contributed by atoms with Gasteiger partial charge in [0.15, 0.2) is 0 Å². The highest BCUT2D eigenvalue weighted by atomic mass is 15.5. The molecule has 0 fully saturated rings. The molecule has 0 atom stereocenters. The number of rotatable bonds is 2. The van der Waals surface area contributed by atoms with Crippen molar-refractivity contribution in [3.8, 4) is 0 Å². The van der Waals surface area contributed by atoms with Gasteiger partial charge in [-0.1, -0.05) is 30.3 Å². The summed E-state index contributed by atoms with van der Waals surface area (Å²) in [7, 11) is 0. The van der Waals surface area contributed by atoms with E-state index in [1.54, 1.807) is 0 Å². The lowest BCUT2D eigenvalue weighted by Gasteiger charge is -2.17. The number of hydrogen-bond acceptors (Lipinski definition) is 4. The molecule has 4 nitrogen and oxygen atoms in total. The molecule has 0 aliphatic carbocycles. The zero-order valence-corrected chi connectivity index (χ0v) is 12.6. The normalized spacial score (nSPS) is 15.5. The van der Waals surface area contributed by atoms with Crippen molar-refractivity contribution in [3.05, 3.63) is 53.3 Å². The Hall–Kier alpha value is -2.23. The van der Waals surface area contributed by atoms with Crippen LogP contribution in [0.5, 0.6) is 0 Å². The highest BCUT2D eigenvalue weighted by Gasteiger charge is 2.15. The first-order valence-electron chi connectivity index (χ1n) is 7.45. The molecule has 1 aliphatic rings. The van der Waals surface area contributed by atoms with Crippen LogP contribution in [0.25, 0.3) is 0 Å². The molecule has 0 N–H and O–H groups in total. The maximum atomic E-state index is 4.82. The van der Waals surface area contributed by atoms with Crippen LogP contribution in [0.1, 0.15) is 36.2 Å². The van der Waals surface area contributed by atoms with Gasteiger partial charge < -0.3 is 0 Å². The minimum absolute atomic E-state index is 0.711. The third-order valence-electron chi connectivity index (χ3n) is 3.58. The van der Waals surface area contributed by atoms with Gasteiger partial charge in [0.05, 0.1) is 5.71 Å². The molecule has 3 rings (SSSR count). The largest absolute Gasteiger partial charge is 0.246 e. The molecule has 0 amide bonds. The van der Waals surface area contributed by atoms with E-state index in [2.05, 4.69) is 34.2 Å². The van der Waals surface area contributed by atoms with Crippen LogP contribution in [0.4, 0.5) is 5.95 Å². The van der Waals surface area contributed by atoms with E-state index in [-0.39, 0.29) is 0 Å². The Balaban J connectivity index is 1.97. The highest BCUT2D eigenvalue weighted by molar-refractivity contribution is 6.01. The standard InChI is InChI=1S/C17H20N4/c1-13-12-14(2)19-17(18-13)21-11-7-6-10-16(20-21)15-8-4-3-5-9-15/h3-5,8-9,12H,6-7,10-11H2,1-2H3. The predicted octanol–water partition coefficient (Wildman–Crippen LogP) is 3.49. The smallest absolute Gasteiger partial charge is 0.231 e. The molecule has 2 heterocycles. The summed E-state index contributed by atoms with van der Waals surface area (Å²) in [5.41, 5.74) is 4.28. The number of hydrazone groups is 1. The van der Waals surface area contributed by atoms with Crippen molar-refractivity contribution in [2.45, 2.75) is 33.1 Å². The molecule has 0 spiro atoms. The van der Waals surface area contributed by atoms with E-state index in [0.717, 1.165) is 42.9 Å². The van der Waals surface area contributed by atoms with Crippen molar-refractivity contribution in [3.63, 3.8) is 0 Å². The zero-order valence-electron chi connectivity index (χ0n) is 12.6. The number of anilines is 1. The Labute approximate surface area is 125 Å². The Bertz CT molecular complexity index is 629. The Kier molecular flexibility index (Phi) is 3.95. The maximum Gasteiger partial charge on any atom is 0.246 e. The first kappa shape index (κ1) is 13.7. The average Bonchev–Trinajstić information content (AvgIpc) is 2.73. The van der Waals surface area contributed by atoms with Gasteiger partial charge in [-0.05, 0) is 44.7 Å². The van der Waals surface area contributed by atoms with Crippen LogP contribution in [0.15, 0.2) is 41.5 Å². The lowest BCUT2D eigenvalue weighted by molar-refractivity contribution is 0.728. The summed E-state index contributed by atoms with van der Waals surface area (Å²) in [6, 6.07) is 12.4. The van der Waals surface area contributed by atoms with Crippen molar-refractivity contribution in [1.82, 2.24) is 9.97 Å². The SMILES string of the molecule is Cc1cc(C)nc(N2CCCCC(c3ccccc3)=N2)n1. The number of aryl methyl sites for hydroxylation is 2. The van der Waals surface area contributed by atoms with E-state index in [9.17, 15) is 0 Å². The van der Waals surface area contributed by atoms with Gasteiger partial charge in [0.2, 0.25) is 5.95 Å². The first-order chi connectivity index (χ1) is 10.2. The van der Waals surface area contributed by atoms with Crippen molar-refractivity contribution in [2.24, 2.45) is 5.10 Å². The average molecular weight is 280 g/mol. The summed E-state index contributed by atoms with van der Waals surface area (Å²) in [6.07, 6.45) is 3.26. The van der Waals surface area contributed by atoms with E-state index < -0.39 is 0 Å². The molecule has 1 aromatic heterocycles. The molecule has 0 bridgehead atoms. The minimum atomic E-state index is 0.711. The number of nitrogens with zero attached hydrogens (tertiary/aromatic N) is 4. The Morgan fingerprint density at radius 1 is 0.952 bits per heavy atom. The van der Waals surface area contributed by atoms with Crippen molar-refractivity contribution >= 4 is 11.7 Å². The van der Waals surface area contributed by atoms with E-state index in [1.165, 1.54) is 5.56 Å². The van der Waals surface area contributed by atoms with E-state index >= 15 is 0 Å². The molecule has 2 aromatic rings. The predicted molar refractivity (Wildman–Crippen MR) is 85.7 cm³/mol. The lowest BCUT2D eigenvalue weighted by Crippen LogP contribution is -2.21. The van der Waals surface area contributed by atoms with Crippen LogP contribution in [0.3, 0.4) is 0 Å². The summed E-state index contributed by atoms with van der Waals surface area (Å²) in [6.45, 7) is 4.87. The van der Waals surface area contributed by atoms with Crippen LogP contribution in [0, 0.1) is 13.8 Å². The van der Waals surface area contributed by atoms with Gasteiger partial charge in [0, 0.05) is 17.9 Å². The van der Waals surface area contributed by atoms with Crippen LogP contribution in [-0.4, -0.2) is 22.2 Å². The maximum absolute atomic E-state index is 4.82. The van der Waals surface area contributed by atoms with Gasteiger partial charge in [-0.15, -0.1) is 0 Å². The third kappa shape index (κ3) is 3.27. The molecule has 0 saturated heterocycles. The molecule has 0 saturated carbocycles. The second-order valence-electron chi connectivity index (χ2n) is 5.44. The number of benzene rings is 1. The summed E-state index contributed by atoms with van der Waals surface area (Å²) in [4.78, 5) is 9.07. The third-order valence-corrected chi connectivity index (χ3v) is 3.58. The first-order valence-corrected chi connectivity index (χ1v) is 7.45. The molecular weight excluding hydrogens is 260 g/mol. The van der Waals surface area contributed by atoms with E-state index in [0.29, 0.717) is 5.95 Å². The Morgan fingerprint density at radius 2 is 1.67 bits per heavy atom. The Morgan fingerprint density at radius 3 is 2.38 bits per heavy atom. The van der Waals surface area contributed by atoms with Crippen molar-refractivity contribution < 1.29 is 0 Å². The van der Waals surface area contributed by atoms with Gasteiger partial charge in [-0.2, -0.15) is 5.10 Å². The monoisotopic (exact) mass is 280 g/mol. The number of hydrogen-bond donors (Lipinski definition) is 0. The minimum Gasteiger partial charge on any atom is -0.231 e. The molecule has 1 aliphatic heterocycles. The summed E-state index contributed by atoms with van der Waals surface area (Å²) in [5.74, 6) is 0.711. The second kappa shape index (κ2) is 6.04. The van der Waals surface area contributed by atoms with E-state index in [1.807, 2.05) is 31.0 Å². The van der Waals surface area contributed by atoms with Crippen LogP contribution in [0.2, 0.25) is 0 Å². The molecular formula is C17H20N4. The second-order valence-corrected chi connectivity index (χ2v) is 5.44. The van der Waals surface area contributed by atoms with Crippen molar-refractivity contribution in [2.75, 3.05) is 11.6 Å². The van der Waals surface area contributed by atoms with Crippen LogP contribution in [-0.2, 0) is 0 Å². The zero-order chi connectivity index (χ0) is 14.7. The molecule has 4 heteroatoms. The molecule has 0 unspecified atom stereocenters. The quantitative estimate of drug-likeness (QED) is 0.845. The molecule has 1 aromatic carbocycles. The fourth-order valence-electron chi connectivity index (χ4n) is 2.60. The van der Waals surface area contributed by atoms with Gasteiger partial charge in [0.25, 0.3) is 0 Å². The van der Waals surface area contributed by atoms with Gasteiger partial charge in [0.1, 0.15) is 0 Å². The fraction of sp³-hybridized carbons (Fsp3) is 0.353. The van der Waals surface area contributed by atoms with E-state index in [4.69, 9.17) is 5.10 Å².